The van der Waals surface area contributed by atoms with Crippen LogP contribution in [-0.4, -0.2) is 66.6 Å². The summed E-state index contributed by atoms with van der Waals surface area (Å²) < 4.78 is 0. The maximum Gasteiger partial charge on any atom is 0.239 e. The molecule has 0 saturated carbocycles. The molecule has 2 fully saturated rings. The molecule has 0 bridgehead atoms. The number of aliphatic hydroxyl groups excluding tert-OH is 1. The second-order valence-corrected chi connectivity index (χ2v) is 7.54. The van der Waals surface area contributed by atoms with Crippen LogP contribution in [-0.2, 0) is 4.79 Å². The number of aliphatic hydroxyl groups is 1. The highest BCUT2D eigenvalue weighted by atomic mass is 16.3. The molecular formula is C20H31N3O2. The molecule has 0 aromatic heterocycles. The number of carbonyl (C=O) groups is 1. The molecule has 3 rings (SSSR count). The first kappa shape index (κ1) is 18.4. The first-order chi connectivity index (χ1) is 12.1. The Hall–Kier alpha value is -1.43. The van der Waals surface area contributed by atoms with E-state index in [0.29, 0.717) is 12.5 Å². The lowest BCUT2D eigenvalue weighted by Gasteiger charge is -2.35. The average Bonchev–Trinajstić information content (AvgIpc) is 3.18. The molecule has 2 saturated heterocycles. The maximum absolute atomic E-state index is 12.4. The molecule has 5 heteroatoms. The van der Waals surface area contributed by atoms with Crippen LogP contribution in [0.5, 0.6) is 0 Å². The number of likely N-dealkylation sites (N-methyl/N-ethyl adjacent to an activating group) is 1. The molecule has 2 aliphatic heterocycles. The lowest BCUT2D eigenvalue weighted by Crippen LogP contribution is -2.45. The third-order valence-corrected chi connectivity index (χ3v) is 5.59. The number of β-amino-alcohol motifs (C(OH)–C–C–N with tert-alkyl or cyclic N) is 1. The Balaban J connectivity index is 1.40. The molecule has 2 heterocycles. The van der Waals surface area contributed by atoms with Crippen molar-refractivity contribution in [2.75, 3.05) is 39.8 Å². The lowest BCUT2D eigenvalue weighted by atomic mass is 9.95. The van der Waals surface area contributed by atoms with Gasteiger partial charge >= 0.3 is 0 Å². The van der Waals surface area contributed by atoms with Crippen molar-refractivity contribution in [2.45, 2.75) is 37.8 Å². The van der Waals surface area contributed by atoms with Gasteiger partial charge in [0.1, 0.15) is 0 Å². The maximum atomic E-state index is 12.4. The van der Waals surface area contributed by atoms with E-state index in [4.69, 9.17) is 0 Å². The molecule has 2 aliphatic rings. The SMILES string of the molecule is CN(CC1CCN(C[C@H](O)c2ccccc2)CC1)C(=O)[C@@H]1CCCN1. The van der Waals surface area contributed by atoms with E-state index in [1.807, 2.05) is 42.3 Å². The monoisotopic (exact) mass is 345 g/mol. The highest BCUT2D eigenvalue weighted by Gasteiger charge is 2.28. The van der Waals surface area contributed by atoms with Crippen molar-refractivity contribution < 1.29 is 9.90 Å². The number of amides is 1. The van der Waals surface area contributed by atoms with Gasteiger partial charge in [0.2, 0.25) is 5.91 Å². The summed E-state index contributed by atoms with van der Waals surface area (Å²) in [5.41, 5.74) is 0.985. The van der Waals surface area contributed by atoms with Crippen molar-refractivity contribution in [1.82, 2.24) is 15.1 Å². The van der Waals surface area contributed by atoms with Crippen LogP contribution in [0.3, 0.4) is 0 Å². The van der Waals surface area contributed by atoms with E-state index in [2.05, 4.69) is 10.2 Å². The van der Waals surface area contributed by atoms with Gasteiger partial charge in [0.15, 0.2) is 0 Å². The Morgan fingerprint density at radius 3 is 2.64 bits per heavy atom. The molecule has 1 amide bonds. The van der Waals surface area contributed by atoms with E-state index in [0.717, 1.165) is 57.4 Å². The minimum atomic E-state index is -0.421. The zero-order valence-corrected chi connectivity index (χ0v) is 15.2. The van der Waals surface area contributed by atoms with Gasteiger partial charge in [-0.2, -0.15) is 0 Å². The Morgan fingerprint density at radius 2 is 2.00 bits per heavy atom. The molecule has 5 nitrogen and oxygen atoms in total. The largest absolute Gasteiger partial charge is 0.387 e. The van der Waals surface area contributed by atoms with Gasteiger partial charge in [-0.1, -0.05) is 30.3 Å². The Labute approximate surface area is 151 Å². The topological polar surface area (TPSA) is 55.8 Å². The van der Waals surface area contributed by atoms with Crippen molar-refractivity contribution in [1.29, 1.82) is 0 Å². The van der Waals surface area contributed by atoms with Crippen molar-refractivity contribution in [2.24, 2.45) is 5.92 Å². The minimum Gasteiger partial charge on any atom is -0.387 e. The summed E-state index contributed by atoms with van der Waals surface area (Å²) in [6.07, 6.45) is 3.84. The van der Waals surface area contributed by atoms with Gasteiger partial charge in [-0.05, 0) is 56.8 Å². The molecular weight excluding hydrogens is 314 g/mol. The van der Waals surface area contributed by atoms with Gasteiger partial charge in [-0.15, -0.1) is 0 Å². The van der Waals surface area contributed by atoms with E-state index in [1.54, 1.807) is 0 Å². The molecule has 0 spiro atoms. The summed E-state index contributed by atoms with van der Waals surface area (Å²) in [5.74, 6) is 0.819. The fourth-order valence-electron chi connectivity index (χ4n) is 4.02. The van der Waals surface area contributed by atoms with Gasteiger partial charge in [-0.25, -0.2) is 0 Å². The summed E-state index contributed by atoms with van der Waals surface area (Å²) in [7, 11) is 1.94. The summed E-state index contributed by atoms with van der Waals surface area (Å²) in [6, 6.07) is 9.91. The summed E-state index contributed by atoms with van der Waals surface area (Å²) in [4.78, 5) is 16.7. The van der Waals surface area contributed by atoms with Crippen molar-refractivity contribution in [3.8, 4) is 0 Å². The van der Waals surface area contributed by atoms with Gasteiger partial charge < -0.3 is 20.2 Å². The van der Waals surface area contributed by atoms with Crippen LogP contribution >= 0.6 is 0 Å². The third kappa shape index (κ3) is 5.03. The number of piperidine rings is 1. The first-order valence-electron chi connectivity index (χ1n) is 9.57. The van der Waals surface area contributed by atoms with Crippen LogP contribution in [0.4, 0.5) is 0 Å². The van der Waals surface area contributed by atoms with Gasteiger partial charge in [0, 0.05) is 20.1 Å². The first-order valence-corrected chi connectivity index (χ1v) is 9.57. The standard InChI is InChI=1S/C20H31N3O2/c1-22(20(25)18-8-5-11-21-18)14-16-9-12-23(13-10-16)15-19(24)17-6-3-2-4-7-17/h2-4,6-7,16,18-19,21,24H,5,8-15H2,1H3/t18-,19-/m0/s1. The van der Waals surface area contributed by atoms with Crippen LogP contribution in [0.1, 0.15) is 37.4 Å². The Morgan fingerprint density at radius 1 is 1.28 bits per heavy atom. The van der Waals surface area contributed by atoms with Crippen LogP contribution in [0.25, 0.3) is 0 Å². The smallest absolute Gasteiger partial charge is 0.239 e. The molecule has 1 aromatic carbocycles. The van der Waals surface area contributed by atoms with Crippen LogP contribution in [0, 0.1) is 5.92 Å². The van der Waals surface area contributed by atoms with Gasteiger partial charge in [-0.3, -0.25) is 4.79 Å². The molecule has 0 unspecified atom stereocenters. The number of nitrogens with zero attached hydrogens (tertiary/aromatic N) is 2. The van der Waals surface area contributed by atoms with E-state index < -0.39 is 6.10 Å². The fourth-order valence-corrected chi connectivity index (χ4v) is 4.02. The van der Waals surface area contributed by atoms with Crippen LogP contribution in [0.15, 0.2) is 30.3 Å². The highest BCUT2D eigenvalue weighted by molar-refractivity contribution is 5.81. The second-order valence-electron chi connectivity index (χ2n) is 7.54. The number of nitrogens with one attached hydrogen (secondary N) is 1. The molecule has 1 aromatic rings. The van der Waals surface area contributed by atoms with Crippen LogP contribution in [0.2, 0.25) is 0 Å². The number of rotatable bonds is 6. The fraction of sp³-hybridized carbons (Fsp3) is 0.650. The number of hydrogen-bond donors (Lipinski definition) is 2. The molecule has 2 atom stereocenters. The van der Waals surface area contributed by atoms with Gasteiger partial charge in [0.25, 0.3) is 0 Å². The third-order valence-electron chi connectivity index (χ3n) is 5.59. The van der Waals surface area contributed by atoms with E-state index in [9.17, 15) is 9.90 Å². The quantitative estimate of drug-likeness (QED) is 0.823. The van der Waals surface area contributed by atoms with E-state index in [1.165, 1.54) is 0 Å². The predicted octanol–water partition coefficient (Wildman–Crippen LogP) is 1.64. The zero-order valence-electron chi connectivity index (χ0n) is 15.2. The minimum absolute atomic E-state index is 0.0334. The molecule has 25 heavy (non-hydrogen) atoms. The van der Waals surface area contributed by atoms with Crippen molar-refractivity contribution in [3.05, 3.63) is 35.9 Å². The van der Waals surface area contributed by atoms with E-state index >= 15 is 0 Å². The zero-order chi connectivity index (χ0) is 17.6. The summed E-state index contributed by atoms with van der Waals surface area (Å²) >= 11 is 0. The van der Waals surface area contributed by atoms with Crippen LogP contribution < -0.4 is 5.32 Å². The summed E-state index contributed by atoms with van der Waals surface area (Å²) in [6.45, 7) is 4.51. The number of hydrogen-bond acceptors (Lipinski definition) is 4. The number of benzene rings is 1. The van der Waals surface area contributed by atoms with Gasteiger partial charge in [0.05, 0.1) is 12.1 Å². The lowest BCUT2D eigenvalue weighted by molar-refractivity contribution is -0.132. The highest BCUT2D eigenvalue weighted by Crippen LogP contribution is 2.22. The van der Waals surface area contributed by atoms with E-state index in [-0.39, 0.29) is 11.9 Å². The molecule has 0 aliphatic carbocycles. The Kier molecular flexibility index (Phi) is 6.45. The second kappa shape index (κ2) is 8.79. The van der Waals surface area contributed by atoms with Crippen molar-refractivity contribution >= 4 is 5.91 Å². The Bertz CT molecular complexity index is 537. The number of carbonyl (C=O) groups excluding carboxylic acids is 1. The van der Waals surface area contributed by atoms with Crippen molar-refractivity contribution in [3.63, 3.8) is 0 Å². The normalized spacial score (nSPS) is 23.5. The number of likely N-dealkylation sites (tertiary alicyclic amines) is 1. The molecule has 138 valence electrons. The summed E-state index contributed by atoms with van der Waals surface area (Å²) in [5, 5.41) is 13.7. The average molecular weight is 345 g/mol. The molecule has 2 N–H and O–H groups in total. The molecule has 0 radical (unpaired) electrons. The predicted molar refractivity (Wildman–Crippen MR) is 99.2 cm³/mol.